The van der Waals surface area contributed by atoms with Crippen LogP contribution in [0.25, 0.3) is 0 Å². The number of ether oxygens (including phenoxy) is 1. The van der Waals surface area contributed by atoms with Crippen LogP contribution in [0.5, 0.6) is 0 Å². The van der Waals surface area contributed by atoms with Gasteiger partial charge in [-0.25, -0.2) is 0 Å². The predicted octanol–water partition coefficient (Wildman–Crippen LogP) is 2.38. The van der Waals surface area contributed by atoms with Crippen LogP contribution >= 0.6 is 15.9 Å². The minimum atomic E-state index is 0.0700. The van der Waals surface area contributed by atoms with Crippen molar-refractivity contribution in [1.29, 1.82) is 0 Å². The lowest BCUT2D eigenvalue weighted by atomic mass is 9.82. The number of hydrogen-bond donors (Lipinski definition) is 0. The van der Waals surface area contributed by atoms with Crippen molar-refractivity contribution >= 4 is 22.2 Å². The third-order valence-electron chi connectivity index (χ3n) is 2.94. The number of aldehydes is 1. The van der Waals surface area contributed by atoms with Gasteiger partial charge in [0.15, 0.2) is 11.0 Å². The Bertz CT molecular complexity index is 239. The minimum Gasteiger partial charge on any atom is -0.485 e. The van der Waals surface area contributed by atoms with Gasteiger partial charge in [0.05, 0.1) is 12.2 Å². The number of halogens is 1. The molecular formula is C9H11BrO2. The van der Waals surface area contributed by atoms with Crippen molar-refractivity contribution in [1.82, 2.24) is 0 Å². The van der Waals surface area contributed by atoms with Crippen LogP contribution in [0.4, 0.5) is 0 Å². The van der Waals surface area contributed by atoms with Crippen molar-refractivity contribution < 1.29 is 9.53 Å². The SMILES string of the molecule is O=CC1=C(Br)OCC12CCCC2. The van der Waals surface area contributed by atoms with Crippen molar-refractivity contribution in [2.45, 2.75) is 25.7 Å². The Balaban J connectivity index is 2.33. The molecule has 0 aromatic rings. The summed E-state index contributed by atoms with van der Waals surface area (Å²) < 4.78 is 6.03. The molecule has 1 spiro atoms. The molecule has 1 heterocycles. The van der Waals surface area contributed by atoms with Crippen molar-refractivity contribution in [3.05, 3.63) is 10.2 Å². The number of carbonyl (C=O) groups excluding carboxylic acids is 1. The molecule has 0 radical (unpaired) electrons. The van der Waals surface area contributed by atoms with E-state index in [-0.39, 0.29) is 5.41 Å². The van der Waals surface area contributed by atoms with E-state index in [0.29, 0.717) is 11.3 Å². The van der Waals surface area contributed by atoms with E-state index in [0.717, 1.165) is 24.7 Å². The van der Waals surface area contributed by atoms with Gasteiger partial charge in [0.1, 0.15) is 0 Å². The van der Waals surface area contributed by atoms with Crippen molar-refractivity contribution in [2.75, 3.05) is 6.61 Å². The number of rotatable bonds is 1. The average Bonchev–Trinajstić information content (AvgIpc) is 2.63. The van der Waals surface area contributed by atoms with Gasteiger partial charge in [-0.2, -0.15) is 0 Å². The molecule has 66 valence electrons. The molecule has 0 atom stereocenters. The van der Waals surface area contributed by atoms with Gasteiger partial charge >= 0.3 is 0 Å². The van der Waals surface area contributed by atoms with Crippen LogP contribution in [-0.4, -0.2) is 12.9 Å². The molecule has 0 aromatic carbocycles. The summed E-state index contributed by atoms with van der Waals surface area (Å²) in [6.07, 6.45) is 5.61. The Hall–Kier alpha value is -0.310. The van der Waals surface area contributed by atoms with Gasteiger partial charge in [0.25, 0.3) is 0 Å². The van der Waals surface area contributed by atoms with Crippen LogP contribution in [0, 0.1) is 5.41 Å². The molecule has 2 nitrogen and oxygen atoms in total. The second-order valence-corrected chi connectivity index (χ2v) is 4.30. The van der Waals surface area contributed by atoms with Gasteiger partial charge in [-0.15, -0.1) is 0 Å². The van der Waals surface area contributed by atoms with E-state index in [1.807, 2.05) is 0 Å². The molecule has 3 heteroatoms. The summed E-state index contributed by atoms with van der Waals surface area (Å²) in [5.74, 6) is 0. The van der Waals surface area contributed by atoms with E-state index in [4.69, 9.17) is 4.74 Å². The predicted molar refractivity (Wildman–Crippen MR) is 48.9 cm³/mol. The van der Waals surface area contributed by atoms with Gasteiger partial charge in [0, 0.05) is 5.41 Å². The summed E-state index contributed by atoms with van der Waals surface area (Å²) in [7, 11) is 0. The molecule has 0 N–H and O–H groups in total. The first kappa shape index (κ1) is 8.30. The topological polar surface area (TPSA) is 26.3 Å². The summed E-state index contributed by atoms with van der Waals surface area (Å²) >= 11 is 3.28. The zero-order valence-corrected chi connectivity index (χ0v) is 8.39. The lowest BCUT2D eigenvalue weighted by Crippen LogP contribution is -2.20. The second kappa shape index (κ2) is 2.87. The summed E-state index contributed by atoms with van der Waals surface area (Å²) in [6, 6.07) is 0. The summed E-state index contributed by atoms with van der Waals surface area (Å²) in [6.45, 7) is 0.696. The van der Waals surface area contributed by atoms with Crippen molar-refractivity contribution in [3.63, 3.8) is 0 Å². The molecule has 12 heavy (non-hydrogen) atoms. The van der Waals surface area contributed by atoms with Gasteiger partial charge in [0.2, 0.25) is 0 Å². The van der Waals surface area contributed by atoms with Gasteiger partial charge < -0.3 is 4.74 Å². The lowest BCUT2D eigenvalue weighted by Gasteiger charge is -2.20. The molecule has 1 fully saturated rings. The molecule has 2 rings (SSSR count). The average molecular weight is 231 g/mol. The van der Waals surface area contributed by atoms with Crippen molar-refractivity contribution in [3.8, 4) is 0 Å². The molecule has 2 aliphatic rings. The molecule has 0 unspecified atom stereocenters. The van der Waals surface area contributed by atoms with Crippen LogP contribution in [0.15, 0.2) is 10.2 Å². The summed E-state index contributed by atoms with van der Waals surface area (Å²) in [5, 5.41) is 0. The maximum atomic E-state index is 10.8. The van der Waals surface area contributed by atoms with Crippen LogP contribution < -0.4 is 0 Å². The smallest absolute Gasteiger partial charge is 0.169 e. The zero-order valence-electron chi connectivity index (χ0n) is 6.81. The molecule has 0 aromatic heterocycles. The van der Waals surface area contributed by atoms with Crippen LogP contribution in [0.1, 0.15) is 25.7 Å². The van der Waals surface area contributed by atoms with E-state index >= 15 is 0 Å². The minimum absolute atomic E-state index is 0.0700. The van der Waals surface area contributed by atoms with E-state index in [2.05, 4.69) is 15.9 Å². The monoisotopic (exact) mass is 230 g/mol. The Morgan fingerprint density at radius 2 is 2.08 bits per heavy atom. The highest BCUT2D eigenvalue weighted by Gasteiger charge is 2.44. The first-order valence-corrected chi connectivity index (χ1v) is 5.06. The third-order valence-corrected chi connectivity index (χ3v) is 3.59. The molecule has 0 amide bonds. The highest BCUT2D eigenvalue weighted by molar-refractivity contribution is 9.11. The van der Waals surface area contributed by atoms with Gasteiger partial charge in [-0.3, -0.25) is 4.79 Å². The number of carbonyl (C=O) groups is 1. The normalized spacial score (nSPS) is 26.4. The molecule has 1 aliphatic heterocycles. The Morgan fingerprint density at radius 1 is 1.42 bits per heavy atom. The molecule has 1 aliphatic carbocycles. The van der Waals surface area contributed by atoms with Gasteiger partial charge in [-0.05, 0) is 28.8 Å². The Labute approximate surface area is 80.1 Å². The lowest BCUT2D eigenvalue weighted by molar-refractivity contribution is -0.105. The number of hydrogen-bond acceptors (Lipinski definition) is 2. The first-order chi connectivity index (χ1) is 5.78. The summed E-state index contributed by atoms with van der Waals surface area (Å²) in [4.78, 5) is 10.8. The van der Waals surface area contributed by atoms with Crippen molar-refractivity contribution in [2.24, 2.45) is 5.41 Å². The quantitative estimate of drug-likeness (QED) is 0.647. The van der Waals surface area contributed by atoms with E-state index in [1.54, 1.807) is 0 Å². The first-order valence-electron chi connectivity index (χ1n) is 4.27. The maximum absolute atomic E-state index is 10.8. The largest absolute Gasteiger partial charge is 0.485 e. The van der Waals surface area contributed by atoms with Crippen LogP contribution in [0.2, 0.25) is 0 Å². The fourth-order valence-electron chi connectivity index (χ4n) is 2.20. The van der Waals surface area contributed by atoms with Crippen LogP contribution in [-0.2, 0) is 9.53 Å². The highest BCUT2D eigenvalue weighted by Crippen LogP contribution is 2.49. The van der Waals surface area contributed by atoms with Crippen LogP contribution in [0.3, 0.4) is 0 Å². The van der Waals surface area contributed by atoms with E-state index in [9.17, 15) is 4.79 Å². The third kappa shape index (κ3) is 1.03. The standard InChI is InChI=1S/C9H11BrO2/c10-8-7(5-11)9(6-12-8)3-1-2-4-9/h5H,1-4,6H2. The maximum Gasteiger partial charge on any atom is 0.169 e. The Morgan fingerprint density at radius 3 is 2.67 bits per heavy atom. The van der Waals surface area contributed by atoms with Gasteiger partial charge in [-0.1, -0.05) is 12.8 Å². The highest BCUT2D eigenvalue weighted by atomic mass is 79.9. The van der Waals surface area contributed by atoms with E-state index in [1.165, 1.54) is 12.8 Å². The Kier molecular flexibility index (Phi) is 1.99. The second-order valence-electron chi connectivity index (χ2n) is 3.58. The molecule has 0 saturated heterocycles. The zero-order chi connectivity index (χ0) is 8.60. The fraction of sp³-hybridized carbons (Fsp3) is 0.667. The molecule has 0 bridgehead atoms. The molecular weight excluding hydrogens is 220 g/mol. The fourth-order valence-corrected chi connectivity index (χ4v) is 2.83. The van der Waals surface area contributed by atoms with E-state index < -0.39 is 0 Å². The summed E-state index contributed by atoms with van der Waals surface area (Å²) in [5.41, 5.74) is 0.917. The molecule has 1 saturated carbocycles.